The van der Waals surface area contributed by atoms with E-state index in [1.54, 1.807) is 0 Å². The molecule has 0 aromatic carbocycles. The lowest BCUT2D eigenvalue weighted by molar-refractivity contribution is 0.355. The monoisotopic (exact) mass is 188 g/mol. The molecule has 0 saturated heterocycles. The van der Waals surface area contributed by atoms with Gasteiger partial charge in [0.05, 0.1) is 0 Å². The van der Waals surface area contributed by atoms with Crippen molar-refractivity contribution < 1.29 is 0 Å². The summed E-state index contributed by atoms with van der Waals surface area (Å²) < 4.78 is 0. The molecule has 0 saturated carbocycles. The third-order valence-corrected chi connectivity index (χ3v) is 2.45. The summed E-state index contributed by atoms with van der Waals surface area (Å²) in [5.74, 6) is 0. The van der Waals surface area contributed by atoms with Crippen molar-refractivity contribution >= 4 is 0 Å². The van der Waals surface area contributed by atoms with Crippen LogP contribution in [0.2, 0.25) is 0 Å². The Bertz CT molecular complexity index is 298. The van der Waals surface area contributed by atoms with E-state index >= 15 is 0 Å². The lowest BCUT2D eigenvalue weighted by atomic mass is 9.75. The van der Waals surface area contributed by atoms with Gasteiger partial charge in [-0.2, -0.15) is 0 Å². The molecule has 1 rings (SSSR count). The quantitative estimate of drug-likeness (QED) is 0.601. The first-order valence-corrected chi connectivity index (χ1v) is 5.22. The fraction of sp³-hybridized carbons (Fsp3) is 0.429. The highest BCUT2D eigenvalue weighted by Crippen LogP contribution is 2.38. The summed E-state index contributed by atoms with van der Waals surface area (Å²) in [6.07, 6.45) is 12.9. The predicted octanol–water partition coefficient (Wildman–Crippen LogP) is 4.42. The average molecular weight is 188 g/mol. The van der Waals surface area contributed by atoms with E-state index in [1.165, 1.54) is 17.6 Å². The van der Waals surface area contributed by atoms with E-state index in [4.69, 9.17) is 0 Å². The molecule has 0 bridgehead atoms. The van der Waals surface area contributed by atoms with E-state index in [9.17, 15) is 0 Å². The molecular weight excluding hydrogens is 168 g/mol. The van der Waals surface area contributed by atoms with Gasteiger partial charge in [-0.15, -0.1) is 0 Å². The van der Waals surface area contributed by atoms with E-state index in [2.05, 4.69) is 51.7 Å². The van der Waals surface area contributed by atoms with Gasteiger partial charge in [0.25, 0.3) is 0 Å². The maximum atomic E-state index is 3.75. The molecule has 14 heavy (non-hydrogen) atoms. The van der Waals surface area contributed by atoms with Gasteiger partial charge in [-0.1, -0.05) is 50.8 Å². The van der Waals surface area contributed by atoms with Crippen molar-refractivity contribution in [3.63, 3.8) is 0 Å². The molecule has 0 spiro atoms. The Morgan fingerprint density at radius 2 is 2.07 bits per heavy atom. The van der Waals surface area contributed by atoms with Crippen molar-refractivity contribution in [3.05, 3.63) is 48.1 Å². The minimum Gasteiger partial charge on any atom is -0.0991 e. The molecule has 0 aromatic heterocycles. The highest BCUT2D eigenvalue weighted by Gasteiger charge is 2.23. The average Bonchev–Trinajstić information content (AvgIpc) is 2.01. The Labute approximate surface area is 87.7 Å². The maximum Gasteiger partial charge on any atom is -0.0224 e. The molecule has 0 unspecified atom stereocenters. The Morgan fingerprint density at radius 1 is 1.36 bits per heavy atom. The Kier molecular flexibility index (Phi) is 3.51. The second kappa shape index (κ2) is 4.45. The van der Waals surface area contributed by atoms with Gasteiger partial charge in [0.1, 0.15) is 0 Å². The Hall–Kier alpha value is -1.04. The van der Waals surface area contributed by atoms with Crippen LogP contribution in [0.25, 0.3) is 0 Å². The van der Waals surface area contributed by atoms with Crippen LogP contribution in [0.4, 0.5) is 0 Å². The molecule has 1 aliphatic rings. The van der Waals surface area contributed by atoms with E-state index < -0.39 is 0 Å². The normalized spacial score (nSPS) is 23.9. The number of rotatable bonds is 2. The summed E-state index contributed by atoms with van der Waals surface area (Å²) in [6, 6.07) is 0. The molecule has 76 valence electrons. The van der Waals surface area contributed by atoms with Gasteiger partial charge in [0, 0.05) is 0 Å². The van der Waals surface area contributed by atoms with Gasteiger partial charge in [-0.05, 0) is 36.3 Å². The van der Waals surface area contributed by atoms with Crippen LogP contribution in [0, 0.1) is 5.41 Å². The topological polar surface area (TPSA) is 0 Å². The molecule has 0 fully saturated rings. The van der Waals surface area contributed by atoms with Crippen LogP contribution in [0.5, 0.6) is 0 Å². The summed E-state index contributed by atoms with van der Waals surface area (Å²) >= 11 is 0. The third-order valence-electron chi connectivity index (χ3n) is 2.45. The van der Waals surface area contributed by atoms with Gasteiger partial charge < -0.3 is 0 Å². The molecule has 0 aromatic rings. The van der Waals surface area contributed by atoms with Crippen LogP contribution in [0.3, 0.4) is 0 Å². The Balaban J connectivity index is 2.96. The van der Waals surface area contributed by atoms with Crippen LogP contribution in [-0.4, -0.2) is 0 Å². The summed E-state index contributed by atoms with van der Waals surface area (Å²) in [7, 11) is 0. The number of hydrogen-bond acceptors (Lipinski definition) is 0. The van der Waals surface area contributed by atoms with Crippen molar-refractivity contribution in [2.24, 2.45) is 5.41 Å². The summed E-state index contributed by atoms with van der Waals surface area (Å²) in [5.41, 5.74) is 3.21. The third kappa shape index (κ3) is 3.02. The van der Waals surface area contributed by atoms with Gasteiger partial charge in [-0.3, -0.25) is 0 Å². The second-order valence-corrected chi connectivity index (χ2v) is 4.71. The number of hydrogen-bond donors (Lipinski definition) is 0. The summed E-state index contributed by atoms with van der Waals surface area (Å²) in [4.78, 5) is 0. The second-order valence-electron chi connectivity index (χ2n) is 4.71. The minimum absolute atomic E-state index is 0.387. The van der Waals surface area contributed by atoms with Crippen molar-refractivity contribution in [1.29, 1.82) is 0 Å². The van der Waals surface area contributed by atoms with Gasteiger partial charge in [0.2, 0.25) is 0 Å². The zero-order valence-electron chi connectivity index (χ0n) is 9.51. The van der Waals surface area contributed by atoms with Crippen molar-refractivity contribution in [1.82, 2.24) is 0 Å². The molecule has 1 aliphatic carbocycles. The molecule has 0 amide bonds. The SMILES string of the molecule is C=C/C=C1C=C(/C=C/C)CC(C)(C)C/1. The molecule has 0 atom stereocenters. The van der Waals surface area contributed by atoms with E-state index in [-0.39, 0.29) is 0 Å². The standard InChI is InChI=1S/C14H20/c1-5-7-12-9-13(8-6-2)11-14(3,4)10-12/h5-9H,1,10-11H2,2-4H3/b8-6+,12-7-. The zero-order chi connectivity index (χ0) is 10.6. The molecule has 0 N–H and O–H groups in total. The molecule has 0 heterocycles. The van der Waals surface area contributed by atoms with Gasteiger partial charge in [0.15, 0.2) is 0 Å². The van der Waals surface area contributed by atoms with E-state index in [0.29, 0.717) is 5.41 Å². The fourth-order valence-corrected chi connectivity index (χ4v) is 2.09. The van der Waals surface area contributed by atoms with Crippen molar-refractivity contribution in [2.75, 3.05) is 0 Å². The fourth-order valence-electron chi connectivity index (χ4n) is 2.09. The van der Waals surface area contributed by atoms with Crippen molar-refractivity contribution in [2.45, 2.75) is 33.6 Å². The lowest BCUT2D eigenvalue weighted by Gasteiger charge is -2.30. The Morgan fingerprint density at radius 3 is 2.64 bits per heavy atom. The van der Waals surface area contributed by atoms with Gasteiger partial charge >= 0.3 is 0 Å². The lowest BCUT2D eigenvalue weighted by Crippen LogP contribution is -2.16. The first-order valence-electron chi connectivity index (χ1n) is 5.22. The molecule has 0 nitrogen and oxygen atoms in total. The van der Waals surface area contributed by atoms with Crippen LogP contribution < -0.4 is 0 Å². The smallest absolute Gasteiger partial charge is 0.0224 e. The van der Waals surface area contributed by atoms with E-state index in [0.717, 1.165) is 6.42 Å². The maximum absolute atomic E-state index is 3.75. The highest BCUT2D eigenvalue weighted by molar-refractivity contribution is 5.36. The minimum atomic E-state index is 0.387. The number of allylic oxidation sites excluding steroid dienone is 7. The molecular formula is C14H20. The predicted molar refractivity (Wildman–Crippen MR) is 64.2 cm³/mol. The molecule has 0 radical (unpaired) electrons. The van der Waals surface area contributed by atoms with Crippen LogP contribution in [-0.2, 0) is 0 Å². The van der Waals surface area contributed by atoms with E-state index in [1.807, 2.05) is 6.08 Å². The summed E-state index contributed by atoms with van der Waals surface area (Å²) in [5, 5.41) is 0. The zero-order valence-corrected chi connectivity index (χ0v) is 9.51. The highest BCUT2D eigenvalue weighted by atomic mass is 14.3. The van der Waals surface area contributed by atoms with Crippen LogP contribution >= 0.6 is 0 Å². The molecule has 0 aliphatic heterocycles. The first-order chi connectivity index (χ1) is 6.57. The summed E-state index contributed by atoms with van der Waals surface area (Å²) in [6.45, 7) is 10.5. The largest absolute Gasteiger partial charge is 0.0991 e. The molecule has 0 heteroatoms. The van der Waals surface area contributed by atoms with Crippen LogP contribution in [0.15, 0.2) is 48.1 Å². The first kappa shape index (κ1) is 11.0. The van der Waals surface area contributed by atoms with Crippen LogP contribution in [0.1, 0.15) is 33.6 Å². The van der Waals surface area contributed by atoms with Gasteiger partial charge in [-0.25, -0.2) is 0 Å². The van der Waals surface area contributed by atoms with Crippen molar-refractivity contribution in [3.8, 4) is 0 Å².